The number of aromatic nitrogens is 1. The van der Waals surface area contributed by atoms with Crippen LogP contribution < -0.4 is 16.8 Å². The number of anilines is 1. The fourth-order valence-corrected chi connectivity index (χ4v) is 4.20. The van der Waals surface area contributed by atoms with Crippen molar-refractivity contribution in [3.8, 4) is 0 Å². The molecule has 1 aromatic heterocycles. The molecule has 0 atom stereocenters. The fraction of sp³-hybridized carbons (Fsp3) is 0.320. The van der Waals surface area contributed by atoms with E-state index in [2.05, 4.69) is 5.32 Å². The number of amides is 2. The van der Waals surface area contributed by atoms with Crippen molar-refractivity contribution in [3.05, 3.63) is 65.4 Å². The minimum Gasteiger partial charge on any atom is -0.384 e. The number of halogens is 2. The van der Waals surface area contributed by atoms with Gasteiger partial charge in [0.1, 0.15) is 11.5 Å². The van der Waals surface area contributed by atoms with Crippen LogP contribution in [0.5, 0.6) is 0 Å². The monoisotopic (exact) mass is 482 g/mol. The molecule has 0 spiro atoms. The van der Waals surface area contributed by atoms with Crippen molar-refractivity contribution in [2.45, 2.75) is 31.7 Å². The van der Waals surface area contributed by atoms with Gasteiger partial charge in [-0.1, -0.05) is 24.3 Å². The number of alkyl halides is 2. The summed E-state index contributed by atoms with van der Waals surface area (Å²) in [6, 6.07) is 14.2. The molecule has 0 saturated carbocycles. The van der Waals surface area contributed by atoms with E-state index < -0.39 is 5.92 Å². The van der Waals surface area contributed by atoms with Crippen LogP contribution in [0, 0.1) is 5.41 Å². The summed E-state index contributed by atoms with van der Waals surface area (Å²) in [5.41, 5.74) is 14.2. The van der Waals surface area contributed by atoms with Crippen molar-refractivity contribution in [1.82, 2.24) is 9.47 Å². The van der Waals surface area contributed by atoms with Gasteiger partial charge in [-0.25, -0.2) is 8.78 Å². The van der Waals surface area contributed by atoms with Gasteiger partial charge >= 0.3 is 0 Å². The normalized spacial score (nSPS) is 15.2. The van der Waals surface area contributed by atoms with E-state index in [1.165, 1.54) is 4.90 Å². The highest BCUT2D eigenvalue weighted by Gasteiger charge is 2.36. The van der Waals surface area contributed by atoms with Crippen LogP contribution in [0.25, 0.3) is 10.9 Å². The molecule has 3 aromatic rings. The van der Waals surface area contributed by atoms with Crippen LogP contribution in [0.15, 0.2) is 48.5 Å². The Bertz CT molecular complexity index is 1260. The summed E-state index contributed by atoms with van der Waals surface area (Å²) in [7, 11) is 0. The number of nitrogen functional groups attached to an aromatic ring is 1. The van der Waals surface area contributed by atoms with Gasteiger partial charge in [-0.3, -0.25) is 15.0 Å². The third-order valence-corrected chi connectivity index (χ3v) is 6.17. The van der Waals surface area contributed by atoms with E-state index >= 15 is 0 Å². The van der Waals surface area contributed by atoms with Crippen molar-refractivity contribution in [2.24, 2.45) is 11.5 Å². The van der Waals surface area contributed by atoms with Gasteiger partial charge in [0.15, 0.2) is 0 Å². The molecule has 184 valence electrons. The highest BCUT2D eigenvalue weighted by molar-refractivity contribution is 6.02. The Hall–Kier alpha value is -3.79. The lowest BCUT2D eigenvalue weighted by Crippen LogP contribution is -2.43. The number of nitrogens with one attached hydrogen (secondary N) is 2. The van der Waals surface area contributed by atoms with Gasteiger partial charge in [-0.15, -0.1) is 0 Å². The molecule has 1 aliphatic heterocycles. The number of fused-ring (bicyclic) bond motifs is 1. The highest BCUT2D eigenvalue weighted by Crippen LogP contribution is 2.30. The number of piperidine rings is 1. The number of amidine groups is 1. The molecule has 1 fully saturated rings. The zero-order chi connectivity index (χ0) is 25.2. The second kappa shape index (κ2) is 9.83. The van der Waals surface area contributed by atoms with E-state index in [1.54, 1.807) is 36.4 Å². The van der Waals surface area contributed by atoms with Crippen LogP contribution in [-0.4, -0.2) is 52.7 Å². The number of likely N-dealkylation sites (tertiary alicyclic amines) is 1. The third kappa shape index (κ3) is 5.48. The maximum absolute atomic E-state index is 13.6. The Morgan fingerprint density at radius 2 is 1.74 bits per heavy atom. The van der Waals surface area contributed by atoms with Gasteiger partial charge in [0.25, 0.3) is 11.8 Å². The summed E-state index contributed by atoms with van der Waals surface area (Å²) in [6.07, 6.45) is -0.487. The number of rotatable bonds is 7. The first-order chi connectivity index (χ1) is 16.7. The molecule has 10 heteroatoms. The molecule has 2 amide bonds. The van der Waals surface area contributed by atoms with Gasteiger partial charge in [-0.2, -0.15) is 0 Å². The Kier molecular flexibility index (Phi) is 6.83. The van der Waals surface area contributed by atoms with E-state index in [9.17, 15) is 18.4 Å². The number of nitrogens with two attached hydrogens (primary N) is 2. The smallest absolute Gasteiger partial charge is 0.270 e. The number of carbonyl (C=O) groups is 2. The molecular formula is C25H28F2N6O2. The van der Waals surface area contributed by atoms with Crippen LogP contribution >= 0.6 is 0 Å². The molecule has 4 rings (SSSR count). The molecule has 8 nitrogen and oxygen atoms in total. The van der Waals surface area contributed by atoms with Crippen LogP contribution in [0.2, 0.25) is 0 Å². The van der Waals surface area contributed by atoms with Crippen LogP contribution in [-0.2, 0) is 11.3 Å². The molecule has 0 bridgehead atoms. The molecule has 0 radical (unpaired) electrons. The first-order valence-electron chi connectivity index (χ1n) is 11.4. The average molecular weight is 483 g/mol. The zero-order valence-electron chi connectivity index (χ0n) is 19.2. The summed E-state index contributed by atoms with van der Waals surface area (Å²) in [4.78, 5) is 26.6. The second-order valence-electron chi connectivity index (χ2n) is 8.73. The maximum Gasteiger partial charge on any atom is 0.270 e. The van der Waals surface area contributed by atoms with E-state index in [0.29, 0.717) is 29.0 Å². The Morgan fingerprint density at radius 3 is 2.37 bits per heavy atom. The molecule has 2 aromatic carbocycles. The standard InChI is InChI=1S/C25H28F2N6O2/c26-25(27)8-11-32(12-9-25)24(35)21-13-17-3-4-18(23(29)30)14-20(17)33(21)15-16-1-5-19(6-2-16)31-22(34)7-10-28/h1-6,13-14H,7-12,15,28H2,(H3,29,30)(H,31,34). The quantitative estimate of drug-likeness (QED) is 0.304. The summed E-state index contributed by atoms with van der Waals surface area (Å²) in [6.45, 7) is 0.567. The first kappa shape index (κ1) is 24.3. The average Bonchev–Trinajstić information content (AvgIpc) is 3.17. The number of benzene rings is 2. The molecule has 35 heavy (non-hydrogen) atoms. The zero-order valence-corrected chi connectivity index (χ0v) is 19.2. The van der Waals surface area contributed by atoms with E-state index in [1.807, 2.05) is 16.7 Å². The largest absolute Gasteiger partial charge is 0.384 e. The lowest BCUT2D eigenvalue weighted by atomic mass is 10.1. The van der Waals surface area contributed by atoms with Crippen molar-refractivity contribution in [2.75, 3.05) is 25.0 Å². The second-order valence-corrected chi connectivity index (χ2v) is 8.73. The van der Waals surface area contributed by atoms with Crippen molar-refractivity contribution in [3.63, 3.8) is 0 Å². The summed E-state index contributed by atoms with van der Waals surface area (Å²) in [5.74, 6) is -3.33. The predicted octanol–water partition coefficient (Wildman–Crippen LogP) is 3.13. The molecule has 1 saturated heterocycles. The Balaban J connectivity index is 1.66. The Morgan fingerprint density at radius 1 is 1.06 bits per heavy atom. The van der Waals surface area contributed by atoms with Crippen molar-refractivity contribution in [1.29, 1.82) is 5.41 Å². The maximum atomic E-state index is 13.6. The minimum atomic E-state index is -2.75. The third-order valence-electron chi connectivity index (χ3n) is 6.17. The number of hydrogen-bond donors (Lipinski definition) is 4. The van der Waals surface area contributed by atoms with Crippen LogP contribution in [0.4, 0.5) is 14.5 Å². The van der Waals surface area contributed by atoms with Gasteiger partial charge in [0, 0.05) is 67.6 Å². The molecule has 0 unspecified atom stereocenters. The van der Waals surface area contributed by atoms with Crippen LogP contribution in [0.3, 0.4) is 0 Å². The molecule has 2 heterocycles. The lowest BCUT2D eigenvalue weighted by molar-refractivity contribution is -0.116. The van der Waals surface area contributed by atoms with Crippen molar-refractivity contribution < 1.29 is 18.4 Å². The van der Waals surface area contributed by atoms with Gasteiger partial charge in [0.2, 0.25) is 5.91 Å². The number of nitrogens with zero attached hydrogens (tertiary/aromatic N) is 2. The topological polar surface area (TPSA) is 130 Å². The summed E-state index contributed by atoms with van der Waals surface area (Å²) < 4.78 is 29.1. The van der Waals surface area contributed by atoms with Gasteiger partial charge < -0.3 is 26.3 Å². The van der Waals surface area contributed by atoms with Crippen molar-refractivity contribution >= 4 is 34.2 Å². The SMILES string of the molecule is N=C(N)c1ccc2cc(C(=O)N3CCC(F)(F)CC3)n(Cc3ccc(NC(=O)CCN)cc3)c2c1. The number of carbonyl (C=O) groups excluding carboxylic acids is 2. The lowest BCUT2D eigenvalue weighted by Gasteiger charge is -2.32. The molecule has 6 N–H and O–H groups in total. The van der Waals surface area contributed by atoms with E-state index in [-0.39, 0.29) is 56.5 Å². The predicted molar refractivity (Wildman–Crippen MR) is 131 cm³/mol. The van der Waals surface area contributed by atoms with Gasteiger partial charge in [0.05, 0.1) is 0 Å². The fourth-order valence-electron chi connectivity index (χ4n) is 4.20. The summed E-state index contributed by atoms with van der Waals surface area (Å²) >= 11 is 0. The van der Waals surface area contributed by atoms with Gasteiger partial charge in [-0.05, 0) is 29.8 Å². The summed E-state index contributed by atoms with van der Waals surface area (Å²) in [5, 5.41) is 11.3. The van der Waals surface area contributed by atoms with E-state index in [4.69, 9.17) is 16.9 Å². The van der Waals surface area contributed by atoms with Crippen LogP contribution in [0.1, 0.15) is 40.9 Å². The highest BCUT2D eigenvalue weighted by atomic mass is 19.3. The van der Waals surface area contributed by atoms with E-state index in [0.717, 1.165) is 10.9 Å². The minimum absolute atomic E-state index is 0.0107. The molecule has 1 aliphatic rings. The molecular weight excluding hydrogens is 454 g/mol. The molecule has 0 aliphatic carbocycles. The first-order valence-corrected chi connectivity index (χ1v) is 11.4. The Labute approximate surface area is 201 Å². The number of hydrogen-bond acceptors (Lipinski definition) is 4.